The van der Waals surface area contributed by atoms with Gasteiger partial charge in [-0.1, -0.05) is 13.0 Å². The lowest BCUT2D eigenvalue weighted by Gasteiger charge is -2.10. The van der Waals surface area contributed by atoms with Crippen molar-refractivity contribution in [2.24, 2.45) is 0 Å². The third-order valence-electron chi connectivity index (χ3n) is 4.61. The first kappa shape index (κ1) is 22.8. The minimum absolute atomic E-state index is 0.0951. The van der Waals surface area contributed by atoms with Gasteiger partial charge in [0.1, 0.15) is 17.4 Å². The number of hydrogen-bond donors (Lipinski definition) is 2. The van der Waals surface area contributed by atoms with Crippen molar-refractivity contribution in [2.45, 2.75) is 47.6 Å². The molecule has 0 aliphatic heterocycles. The van der Waals surface area contributed by atoms with Crippen LogP contribution in [0.25, 0.3) is 6.08 Å². The van der Waals surface area contributed by atoms with Gasteiger partial charge in [0.25, 0.3) is 11.8 Å². The van der Waals surface area contributed by atoms with Crippen LogP contribution in [0.15, 0.2) is 29.8 Å². The molecule has 2 N–H and O–H groups in total. The highest BCUT2D eigenvalue weighted by Crippen LogP contribution is 2.19. The summed E-state index contributed by atoms with van der Waals surface area (Å²) in [5.41, 5.74) is 9.35. The Hall–Kier alpha value is -3.53. The molecule has 0 aliphatic rings. The monoisotopic (exact) mass is 408 g/mol. The van der Waals surface area contributed by atoms with Crippen LogP contribution in [0.1, 0.15) is 41.4 Å². The number of nitrogens with one attached hydrogen (secondary N) is 2. The number of carbonyl (C=O) groups excluding carboxylic acids is 2. The van der Waals surface area contributed by atoms with E-state index in [-0.39, 0.29) is 12.2 Å². The Bertz CT molecular complexity index is 992. The van der Waals surface area contributed by atoms with Gasteiger partial charge >= 0.3 is 0 Å². The SMILES string of the molecule is CCCn1c(C)cc(/C=C(\C#N)C(=O)NNC(=O)COc2cc(C)cc(C)c2)c1C. The van der Waals surface area contributed by atoms with Crippen LogP contribution in [0.2, 0.25) is 0 Å². The van der Waals surface area contributed by atoms with Gasteiger partial charge in [-0.3, -0.25) is 20.4 Å². The fourth-order valence-electron chi connectivity index (χ4n) is 3.24. The number of aromatic nitrogens is 1. The third kappa shape index (κ3) is 5.98. The number of carbonyl (C=O) groups is 2. The van der Waals surface area contributed by atoms with Crippen LogP contribution < -0.4 is 15.6 Å². The van der Waals surface area contributed by atoms with E-state index in [0.29, 0.717) is 5.75 Å². The number of hydrazine groups is 1. The Kier molecular flexibility index (Phi) is 7.82. The van der Waals surface area contributed by atoms with E-state index in [2.05, 4.69) is 22.3 Å². The number of amides is 2. The summed E-state index contributed by atoms with van der Waals surface area (Å²) in [6.45, 7) is 10.5. The molecule has 7 heteroatoms. The molecule has 2 aromatic rings. The number of ether oxygens (including phenoxy) is 1. The molecule has 2 rings (SSSR count). The van der Waals surface area contributed by atoms with Gasteiger partial charge in [-0.25, -0.2) is 0 Å². The molecule has 2 amide bonds. The third-order valence-corrected chi connectivity index (χ3v) is 4.61. The Labute approximate surface area is 177 Å². The zero-order chi connectivity index (χ0) is 22.3. The average Bonchev–Trinajstić information content (AvgIpc) is 2.95. The maximum absolute atomic E-state index is 12.3. The van der Waals surface area contributed by atoms with Crippen molar-refractivity contribution < 1.29 is 14.3 Å². The maximum Gasteiger partial charge on any atom is 0.280 e. The van der Waals surface area contributed by atoms with E-state index >= 15 is 0 Å². The Balaban J connectivity index is 1.97. The first-order valence-electron chi connectivity index (χ1n) is 9.84. The van der Waals surface area contributed by atoms with Gasteiger partial charge in [0.15, 0.2) is 6.61 Å². The Morgan fingerprint density at radius 1 is 1.10 bits per heavy atom. The lowest BCUT2D eigenvalue weighted by Crippen LogP contribution is -2.44. The zero-order valence-electron chi connectivity index (χ0n) is 18.1. The summed E-state index contributed by atoms with van der Waals surface area (Å²) in [5, 5.41) is 9.37. The average molecular weight is 409 g/mol. The topological polar surface area (TPSA) is 96.1 Å². The number of hydrogen-bond acceptors (Lipinski definition) is 4. The molecule has 0 fully saturated rings. The molecular weight excluding hydrogens is 380 g/mol. The molecule has 1 aromatic carbocycles. The van der Waals surface area contributed by atoms with Crippen molar-refractivity contribution in [3.63, 3.8) is 0 Å². The van der Waals surface area contributed by atoms with E-state index in [4.69, 9.17) is 4.74 Å². The van der Waals surface area contributed by atoms with Gasteiger partial charge in [0.2, 0.25) is 0 Å². The molecular formula is C23H28N4O3. The molecule has 1 heterocycles. The van der Waals surface area contributed by atoms with Crippen molar-refractivity contribution in [2.75, 3.05) is 6.61 Å². The smallest absolute Gasteiger partial charge is 0.280 e. The van der Waals surface area contributed by atoms with Gasteiger partial charge < -0.3 is 9.30 Å². The van der Waals surface area contributed by atoms with Crippen LogP contribution in [0, 0.1) is 39.0 Å². The highest BCUT2D eigenvalue weighted by Gasteiger charge is 2.14. The minimum Gasteiger partial charge on any atom is -0.484 e. The van der Waals surface area contributed by atoms with Crippen molar-refractivity contribution >= 4 is 17.9 Å². The number of nitriles is 1. The Morgan fingerprint density at radius 3 is 2.37 bits per heavy atom. The van der Waals surface area contributed by atoms with Crippen LogP contribution in [-0.2, 0) is 16.1 Å². The molecule has 0 spiro atoms. The van der Waals surface area contributed by atoms with E-state index in [1.807, 2.05) is 58.0 Å². The fourth-order valence-corrected chi connectivity index (χ4v) is 3.24. The molecule has 0 bridgehead atoms. The summed E-state index contributed by atoms with van der Waals surface area (Å²) in [4.78, 5) is 24.3. The molecule has 0 atom stereocenters. The normalized spacial score (nSPS) is 11.0. The summed E-state index contributed by atoms with van der Waals surface area (Å²) in [7, 11) is 0. The summed E-state index contributed by atoms with van der Waals surface area (Å²) >= 11 is 0. The lowest BCUT2D eigenvalue weighted by atomic mass is 10.1. The van der Waals surface area contributed by atoms with Crippen LogP contribution in [0.5, 0.6) is 5.75 Å². The molecule has 158 valence electrons. The van der Waals surface area contributed by atoms with Gasteiger partial charge in [0.05, 0.1) is 0 Å². The molecule has 0 saturated carbocycles. The molecule has 0 radical (unpaired) electrons. The van der Waals surface area contributed by atoms with Crippen molar-refractivity contribution in [1.29, 1.82) is 5.26 Å². The second kappa shape index (κ2) is 10.3. The van der Waals surface area contributed by atoms with E-state index in [1.54, 1.807) is 0 Å². The van der Waals surface area contributed by atoms with Crippen LogP contribution in [0.3, 0.4) is 0 Å². The van der Waals surface area contributed by atoms with Gasteiger partial charge in [-0.2, -0.15) is 5.26 Å². The predicted molar refractivity (Wildman–Crippen MR) is 115 cm³/mol. The largest absolute Gasteiger partial charge is 0.484 e. The van der Waals surface area contributed by atoms with E-state index in [9.17, 15) is 14.9 Å². The van der Waals surface area contributed by atoms with Gasteiger partial charge in [-0.15, -0.1) is 0 Å². The molecule has 7 nitrogen and oxygen atoms in total. The quantitative estimate of drug-likeness (QED) is 0.417. The second-order valence-electron chi connectivity index (χ2n) is 7.26. The van der Waals surface area contributed by atoms with E-state index in [1.165, 1.54) is 6.08 Å². The van der Waals surface area contributed by atoms with Crippen molar-refractivity contribution in [1.82, 2.24) is 15.4 Å². The molecule has 30 heavy (non-hydrogen) atoms. The summed E-state index contributed by atoms with van der Waals surface area (Å²) in [5.74, 6) is -0.632. The summed E-state index contributed by atoms with van der Waals surface area (Å²) < 4.78 is 7.60. The highest BCUT2D eigenvalue weighted by molar-refractivity contribution is 6.02. The van der Waals surface area contributed by atoms with Gasteiger partial charge in [-0.05, 0) is 75.1 Å². The predicted octanol–water partition coefficient (Wildman–Crippen LogP) is 3.27. The van der Waals surface area contributed by atoms with Crippen LogP contribution in [-0.4, -0.2) is 23.0 Å². The molecule has 0 unspecified atom stereocenters. The minimum atomic E-state index is -0.683. The first-order chi connectivity index (χ1) is 14.2. The number of aryl methyl sites for hydroxylation is 3. The highest BCUT2D eigenvalue weighted by atomic mass is 16.5. The second-order valence-corrected chi connectivity index (χ2v) is 7.26. The summed E-state index contributed by atoms with van der Waals surface area (Å²) in [6.07, 6.45) is 2.52. The maximum atomic E-state index is 12.3. The van der Waals surface area contributed by atoms with Crippen LogP contribution in [0.4, 0.5) is 0 Å². The number of benzene rings is 1. The van der Waals surface area contributed by atoms with Gasteiger partial charge in [0, 0.05) is 17.9 Å². The zero-order valence-corrected chi connectivity index (χ0v) is 18.1. The van der Waals surface area contributed by atoms with Crippen LogP contribution >= 0.6 is 0 Å². The fraction of sp³-hybridized carbons (Fsp3) is 0.348. The van der Waals surface area contributed by atoms with E-state index < -0.39 is 11.8 Å². The number of rotatable bonds is 7. The van der Waals surface area contributed by atoms with Crippen molar-refractivity contribution in [3.8, 4) is 11.8 Å². The standard InChI is InChI=1S/C23H28N4O3/c1-6-7-27-17(4)11-19(18(27)5)12-20(13-24)23(29)26-25-22(28)14-30-21-9-15(2)8-16(3)10-21/h8-12H,6-7,14H2,1-5H3,(H,25,28)(H,26,29)/b20-12+. The Morgan fingerprint density at radius 2 is 1.77 bits per heavy atom. The summed E-state index contributed by atoms with van der Waals surface area (Å²) in [6, 6.07) is 9.48. The first-order valence-corrected chi connectivity index (χ1v) is 9.84. The lowest BCUT2D eigenvalue weighted by molar-refractivity contribution is -0.128. The number of nitrogens with zero attached hydrogens (tertiary/aromatic N) is 2. The van der Waals surface area contributed by atoms with E-state index in [0.717, 1.165) is 41.0 Å². The molecule has 1 aromatic heterocycles. The molecule has 0 aliphatic carbocycles. The van der Waals surface area contributed by atoms with Crippen molar-refractivity contribution in [3.05, 3.63) is 57.9 Å². The molecule has 0 saturated heterocycles.